The smallest absolute Gasteiger partial charge is 0.331 e. The number of aliphatic carboxylic acids is 2. The van der Waals surface area contributed by atoms with Gasteiger partial charge in [-0.1, -0.05) is 60.7 Å². The molecule has 0 atom stereocenters. The quantitative estimate of drug-likeness (QED) is 0.0784. The van der Waals surface area contributed by atoms with Crippen molar-refractivity contribution in [3.8, 4) is 0 Å². The van der Waals surface area contributed by atoms with Crippen LogP contribution in [-0.4, -0.2) is 103 Å². The Morgan fingerprint density at radius 3 is 2.06 bits per heavy atom. The molecule has 15 nitrogen and oxygen atoms in total. The first-order chi connectivity index (χ1) is 24.9. The summed E-state index contributed by atoms with van der Waals surface area (Å²) >= 11 is 0. The molecule has 4 N–H and O–H groups in total. The van der Waals surface area contributed by atoms with E-state index in [9.17, 15) is 19.2 Å². The van der Waals surface area contributed by atoms with Crippen molar-refractivity contribution in [1.29, 1.82) is 0 Å². The van der Waals surface area contributed by atoms with Crippen molar-refractivity contribution in [2.75, 3.05) is 38.1 Å². The van der Waals surface area contributed by atoms with Gasteiger partial charge in [0.15, 0.2) is 5.65 Å². The molecule has 0 bridgehead atoms. The van der Waals surface area contributed by atoms with Gasteiger partial charge in [-0.3, -0.25) is 4.79 Å². The minimum absolute atomic E-state index is 0.0603. The number of carbonyl (C=O) groups is 4. The van der Waals surface area contributed by atoms with Gasteiger partial charge in [0.2, 0.25) is 5.82 Å². The maximum absolute atomic E-state index is 12.7. The van der Waals surface area contributed by atoms with Gasteiger partial charge in [0.05, 0.1) is 12.7 Å². The molecule has 1 aliphatic heterocycles. The molecule has 0 aliphatic carbocycles. The number of carboxylic acids is 2. The van der Waals surface area contributed by atoms with E-state index in [0.717, 1.165) is 45.4 Å². The Labute approximate surface area is 301 Å². The van der Waals surface area contributed by atoms with E-state index in [2.05, 4.69) is 79.2 Å². The highest BCUT2D eigenvalue weighted by atomic mass is 16.5. The molecular weight excluding hydrogens is 670 g/mol. The van der Waals surface area contributed by atoms with Crippen LogP contribution in [0.1, 0.15) is 67.9 Å². The largest absolute Gasteiger partial charge is 0.478 e. The Hall–Kier alpha value is -5.67. The van der Waals surface area contributed by atoms with Crippen LogP contribution in [0.3, 0.4) is 0 Å². The Balaban J connectivity index is 0.000000677. The second kappa shape index (κ2) is 19.1. The number of nitrogens with one attached hydrogen (secondary N) is 2. The van der Waals surface area contributed by atoms with E-state index in [1.165, 1.54) is 15.8 Å². The van der Waals surface area contributed by atoms with Crippen molar-refractivity contribution >= 4 is 35.3 Å². The van der Waals surface area contributed by atoms with Gasteiger partial charge in [-0.05, 0) is 69.8 Å². The first-order valence-corrected chi connectivity index (χ1v) is 17.0. The summed E-state index contributed by atoms with van der Waals surface area (Å²) < 4.78 is 13.0. The Morgan fingerprint density at radius 1 is 0.904 bits per heavy atom. The Morgan fingerprint density at radius 2 is 1.50 bits per heavy atom. The zero-order valence-corrected chi connectivity index (χ0v) is 29.5. The highest BCUT2D eigenvalue weighted by Crippen LogP contribution is 2.30. The molecule has 2 aromatic heterocycles. The van der Waals surface area contributed by atoms with Crippen LogP contribution < -0.4 is 10.6 Å². The predicted molar refractivity (Wildman–Crippen MR) is 192 cm³/mol. The fraction of sp³-hybridized carbons (Fsp3) is 0.378. The molecule has 4 aromatic rings. The zero-order valence-electron chi connectivity index (χ0n) is 29.5. The molecule has 0 radical (unpaired) electrons. The van der Waals surface area contributed by atoms with Crippen LogP contribution >= 0.6 is 0 Å². The number of benzene rings is 2. The van der Waals surface area contributed by atoms with E-state index in [0.29, 0.717) is 23.6 Å². The first-order valence-electron chi connectivity index (χ1n) is 17.0. The normalized spacial score (nSPS) is 13.8. The second-order valence-electron chi connectivity index (χ2n) is 12.5. The fourth-order valence-electron chi connectivity index (χ4n) is 5.40. The van der Waals surface area contributed by atoms with Crippen LogP contribution in [0.4, 0.5) is 5.82 Å². The van der Waals surface area contributed by atoms with Crippen LogP contribution in [-0.2, 0) is 23.9 Å². The third-order valence-electron chi connectivity index (χ3n) is 8.02. The number of fused-ring (bicyclic) bond motifs is 1. The Bertz CT molecular complexity index is 1750. The number of likely N-dealkylation sites (tertiary alicyclic amines) is 1. The summed E-state index contributed by atoms with van der Waals surface area (Å²) in [4.78, 5) is 50.6. The molecule has 2 aromatic carbocycles. The average Bonchev–Trinajstić information content (AvgIpc) is 3.57. The number of nitrogens with zero attached hydrogens (tertiary/aromatic N) is 5. The number of aromatic nitrogens is 4. The van der Waals surface area contributed by atoms with Crippen LogP contribution in [0, 0.1) is 0 Å². The highest BCUT2D eigenvalue weighted by Gasteiger charge is 2.32. The maximum atomic E-state index is 12.7. The number of amides is 1. The summed E-state index contributed by atoms with van der Waals surface area (Å²) in [5.41, 5.74) is 1.59. The van der Waals surface area contributed by atoms with Gasteiger partial charge in [0.25, 0.3) is 5.91 Å². The number of carboxylic acid groups (broad SMARTS) is 2. The van der Waals surface area contributed by atoms with Crippen LogP contribution in [0.15, 0.2) is 84.9 Å². The summed E-state index contributed by atoms with van der Waals surface area (Å²) in [5.74, 6) is -3.05. The summed E-state index contributed by atoms with van der Waals surface area (Å²) in [6, 6.07) is 24.5. The predicted octanol–water partition coefficient (Wildman–Crippen LogP) is 3.98. The molecule has 1 amide bonds. The number of esters is 1. The Kier molecular flexibility index (Phi) is 14.4. The third kappa shape index (κ3) is 12.0. The summed E-state index contributed by atoms with van der Waals surface area (Å²) in [5, 5.41) is 30.2. The van der Waals surface area contributed by atoms with E-state index in [4.69, 9.17) is 19.7 Å². The average molecular weight is 716 g/mol. The van der Waals surface area contributed by atoms with Gasteiger partial charge in [0.1, 0.15) is 17.5 Å². The lowest BCUT2D eigenvalue weighted by Gasteiger charge is -2.34. The summed E-state index contributed by atoms with van der Waals surface area (Å²) in [6.07, 6.45) is 4.23. The molecule has 52 heavy (non-hydrogen) atoms. The lowest BCUT2D eigenvalue weighted by Crippen LogP contribution is -2.50. The molecule has 0 spiro atoms. The minimum atomic E-state index is -1.26. The fourth-order valence-corrected chi connectivity index (χ4v) is 5.40. The van der Waals surface area contributed by atoms with Crippen molar-refractivity contribution in [3.63, 3.8) is 0 Å². The molecule has 5 rings (SSSR count). The second-order valence-corrected chi connectivity index (χ2v) is 12.5. The van der Waals surface area contributed by atoms with Crippen molar-refractivity contribution < 1.29 is 38.9 Å². The number of rotatable bonds is 15. The number of hydrogen-bond acceptors (Lipinski definition) is 11. The molecular formula is C37H45N7O8. The van der Waals surface area contributed by atoms with Gasteiger partial charge in [-0.25, -0.2) is 19.4 Å². The molecule has 0 saturated carbocycles. The van der Waals surface area contributed by atoms with Crippen LogP contribution in [0.25, 0.3) is 5.65 Å². The van der Waals surface area contributed by atoms with E-state index in [1.807, 2.05) is 18.2 Å². The van der Waals surface area contributed by atoms with Crippen molar-refractivity contribution in [2.24, 2.45) is 0 Å². The molecule has 15 heteroatoms. The first kappa shape index (κ1) is 39.1. The van der Waals surface area contributed by atoms with Crippen LogP contribution in [0.2, 0.25) is 0 Å². The van der Waals surface area contributed by atoms with Gasteiger partial charge in [-0.15, -0.1) is 14.8 Å². The van der Waals surface area contributed by atoms with Gasteiger partial charge in [0, 0.05) is 31.8 Å². The van der Waals surface area contributed by atoms with Gasteiger partial charge in [-0.2, -0.15) is 0 Å². The van der Waals surface area contributed by atoms with Crippen molar-refractivity contribution in [1.82, 2.24) is 30.0 Å². The van der Waals surface area contributed by atoms with Crippen LogP contribution in [0.5, 0.6) is 0 Å². The molecule has 1 saturated heterocycles. The highest BCUT2D eigenvalue weighted by molar-refractivity contribution is 5.95. The molecule has 1 fully saturated rings. The monoisotopic (exact) mass is 715 g/mol. The van der Waals surface area contributed by atoms with Gasteiger partial charge < -0.3 is 35.2 Å². The van der Waals surface area contributed by atoms with E-state index in [-0.39, 0.29) is 24.6 Å². The minimum Gasteiger partial charge on any atom is -0.478 e. The number of anilines is 1. The molecule has 276 valence electrons. The maximum Gasteiger partial charge on any atom is 0.331 e. The lowest BCUT2D eigenvalue weighted by molar-refractivity contribution is -0.149. The standard InChI is InChI=1S/C33H41N7O4.C4H4O4/c1-4-43-32(42)33(2,3)36-31(41)30-35-28-17-16-27(37-40(28)38-30)34-20-11-21-39-22-18-26(19-23-39)44-29(24-12-7-5-8-13-24)25-14-9-6-10-15-25;5-3(6)1-2-4(7)8/h5-10,12-17,26,29H,4,11,18-23H2,1-3H3,(H,34,37)(H,36,41);1-2H,(H,5,6)(H,7,8). The van der Waals surface area contributed by atoms with Crippen molar-refractivity contribution in [2.45, 2.75) is 57.8 Å². The zero-order chi connectivity index (χ0) is 37.5. The lowest BCUT2D eigenvalue weighted by atomic mass is 10.00. The molecule has 1 aliphatic rings. The third-order valence-corrected chi connectivity index (χ3v) is 8.02. The van der Waals surface area contributed by atoms with Gasteiger partial charge >= 0.3 is 17.9 Å². The SMILES string of the molecule is CCOC(=O)C(C)(C)NC(=O)c1nc2ccc(NCCCN3CCC(OC(c4ccccc4)c4ccccc4)CC3)nn2n1.O=C(O)C=CC(=O)O. The number of carbonyl (C=O) groups excluding carboxylic acids is 2. The van der Waals surface area contributed by atoms with E-state index < -0.39 is 29.4 Å². The van der Waals surface area contributed by atoms with E-state index in [1.54, 1.807) is 26.8 Å². The number of hydrogen-bond donors (Lipinski definition) is 4. The topological polar surface area (TPSA) is 198 Å². The summed E-state index contributed by atoms with van der Waals surface area (Å²) in [6.45, 7) is 8.81. The molecule has 3 heterocycles. The number of ether oxygens (including phenoxy) is 2. The molecule has 0 unspecified atom stereocenters. The summed E-state index contributed by atoms with van der Waals surface area (Å²) in [7, 11) is 0. The number of piperidine rings is 1. The van der Waals surface area contributed by atoms with E-state index >= 15 is 0 Å². The van der Waals surface area contributed by atoms with Crippen molar-refractivity contribution in [3.05, 3.63) is 102 Å².